The lowest BCUT2D eigenvalue weighted by Gasteiger charge is -1.83. The van der Waals surface area contributed by atoms with E-state index < -0.39 is 0 Å². The minimum Gasteiger partial charge on any atom is -0.211 e. The van der Waals surface area contributed by atoms with E-state index in [1.165, 1.54) is 13.0 Å². The molecule has 0 aliphatic carbocycles. The second-order valence-electron chi connectivity index (χ2n) is 1.09. The Kier molecular flexibility index (Phi) is 2.92. The van der Waals surface area contributed by atoms with Crippen LogP contribution in [0.15, 0.2) is 23.0 Å². The highest BCUT2D eigenvalue weighted by Gasteiger charge is 1.86. The van der Waals surface area contributed by atoms with Gasteiger partial charge in [0, 0.05) is 4.48 Å². The van der Waals surface area contributed by atoms with Gasteiger partial charge in [-0.3, -0.25) is 0 Å². The molecule has 0 N–H and O–H groups in total. The molecule has 0 radical (unpaired) electrons. The topological polar surface area (TPSA) is 0 Å². The summed E-state index contributed by atoms with van der Waals surface area (Å²) in [5, 5.41) is 0. The smallest absolute Gasteiger partial charge is 0.111 e. The fourth-order valence-corrected chi connectivity index (χ4v) is 0.141. The summed E-state index contributed by atoms with van der Waals surface area (Å²) in [5.41, 5.74) is 0. The Labute approximate surface area is 50.9 Å². The Morgan fingerprint density at radius 1 is 1.86 bits per heavy atom. The summed E-state index contributed by atoms with van der Waals surface area (Å²) in [5.74, 6) is -0.241. The molecule has 2 heteroatoms. The molecule has 0 aromatic heterocycles. The highest BCUT2D eigenvalue weighted by atomic mass is 79.9. The van der Waals surface area contributed by atoms with Crippen LogP contribution in [0.25, 0.3) is 0 Å². The first kappa shape index (κ1) is 6.89. The minimum atomic E-state index is -0.241. The van der Waals surface area contributed by atoms with Crippen LogP contribution in [-0.4, -0.2) is 0 Å². The average molecular weight is 165 g/mol. The van der Waals surface area contributed by atoms with Crippen molar-refractivity contribution in [3.63, 3.8) is 0 Å². The first-order valence-corrected chi connectivity index (χ1v) is 2.62. The van der Waals surface area contributed by atoms with Gasteiger partial charge in [-0.15, -0.1) is 0 Å². The monoisotopic (exact) mass is 164 g/mol. The third kappa shape index (κ3) is 2.57. The van der Waals surface area contributed by atoms with Crippen LogP contribution in [0.5, 0.6) is 0 Å². The van der Waals surface area contributed by atoms with Crippen LogP contribution in [0.3, 0.4) is 0 Å². The first-order valence-electron chi connectivity index (χ1n) is 1.82. The van der Waals surface area contributed by atoms with E-state index in [1.807, 2.05) is 0 Å². The maximum absolute atomic E-state index is 11.9. The average Bonchev–Trinajstić information content (AvgIpc) is 1.65. The summed E-state index contributed by atoms with van der Waals surface area (Å²) < 4.78 is 12.3. The van der Waals surface area contributed by atoms with Gasteiger partial charge < -0.3 is 0 Å². The van der Waals surface area contributed by atoms with Crippen LogP contribution in [0.1, 0.15) is 6.92 Å². The zero-order valence-corrected chi connectivity index (χ0v) is 5.63. The number of rotatable bonds is 1. The quantitative estimate of drug-likeness (QED) is 0.524. The molecule has 0 aromatic rings. The van der Waals surface area contributed by atoms with Gasteiger partial charge in [0.25, 0.3) is 0 Å². The standard InChI is InChI=1S/C5H6BrF/c1-3-5(6)4(2)7/h3H,1H2,2H3. The molecule has 0 aromatic carbocycles. The predicted molar refractivity (Wildman–Crippen MR) is 32.9 cm³/mol. The second-order valence-corrected chi connectivity index (χ2v) is 1.94. The normalized spacial score (nSPS) is 13.0. The van der Waals surface area contributed by atoms with Crippen molar-refractivity contribution in [2.24, 2.45) is 0 Å². The van der Waals surface area contributed by atoms with Crippen LogP contribution >= 0.6 is 15.9 Å². The Hall–Kier alpha value is -0.110. The van der Waals surface area contributed by atoms with Crippen molar-refractivity contribution in [3.05, 3.63) is 23.0 Å². The number of hydrogen-bond donors (Lipinski definition) is 0. The van der Waals surface area contributed by atoms with Crippen LogP contribution in [0.4, 0.5) is 4.39 Å². The number of hydrogen-bond acceptors (Lipinski definition) is 0. The second kappa shape index (κ2) is 2.97. The van der Waals surface area contributed by atoms with Crippen LogP contribution in [0, 0.1) is 0 Å². The molecule has 40 valence electrons. The van der Waals surface area contributed by atoms with E-state index in [0.29, 0.717) is 4.48 Å². The third-order valence-electron chi connectivity index (χ3n) is 0.508. The maximum Gasteiger partial charge on any atom is 0.111 e. The highest BCUT2D eigenvalue weighted by Crippen LogP contribution is 2.12. The maximum atomic E-state index is 11.9. The van der Waals surface area contributed by atoms with Crippen molar-refractivity contribution >= 4 is 15.9 Å². The van der Waals surface area contributed by atoms with Crippen molar-refractivity contribution in [2.75, 3.05) is 0 Å². The minimum absolute atomic E-state index is 0.241. The van der Waals surface area contributed by atoms with Crippen molar-refractivity contribution in [1.29, 1.82) is 0 Å². The van der Waals surface area contributed by atoms with Gasteiger partial charge in [-0.1, -0.05) is 12.7 Å². The molecule has 0 aliphatic rings. The van der Waals surface area contributed by atoms with Crippen molar-refractivity contribution in [3.8, 4) is 0 Å². The van der Waals surface area contributed by atoms with E-state index in [1.54, 1.807) is 0 Å². The summed E-state index contributed by atoms with van der Waals surface area (Å²) in [6.45, 7) is 4.70. The van der Waals surface area contributed by atoms with E-state index in [2.05, 4.69) is 22.5 Å². The molecule has 0 rings (SSSR count). The molecular formula is C5H6BrF. The molecule has 0 bridgehead atoms. The SMILES string of the molecule is C=CC(Br)=C(C)F. The Morgan fingerprint density at radius 2 is 2.29 bits per heavy atom. The van der Waals surface area contributed by atoms with Gasteiger partial charge in [-0.2, -0.15) is 0 Å². The van der Waals surface area contributed by atoms with E-state index >= 15 is 0 Å². The predicted octanol–water partition coefficient (Wildman–Crippen LogP) is 2.77. The molecule has 0 heterocycles. The molecule has 0 spiro atoms. The summed E-state index contributed by atoms with van der Waals surface area (Å²) in [6, 6.07) is 0. The van der Waals surface area contributed by atoms with E-state index in [0.717, 1.165) is 0 Å². The Balaban J connectivity index is 3.98. The molecule has 0 saturated carbocycles. The van der Waals surface area contributed by atoms with Gasteiger partial charge in [0.1, 0.15) is 5.83 Å². The van der Waals surface area contributed by atoms with Crippen LogP contribution in [0.2, 0.25) is 0 Å². The zero-order valence-electron chi connectivity index (χ0n) is 4.04. The van der Waals surface area contributed by atoms with Crippen LogP contribution < -0.4 is 0 Å². The molecule has 0 saturated heterocycles. The molecule has 0 nitrogen and oxygen atoms in total. The summed E-state index contributed by atoms with van der Waals surface area (Å²) in [7, 11) is 0. The fraction of sp³-hybridized carbons (Fsp3) is 0.200. The number of halogens is 2. The Morgan fingerprint density at radius 3 is 2.29 bits per heavy atom. The highest BCUT2D eigenvalue weighted by molar-refractivity contribution is 9.11. The van der Waals surface area contributed by atoms with Crippen molar-refractivity contribution in [1.82, 2.24) is 0 Å². The van der Waals surface area contributed by atoms with Gasteiger partial charge in [0.15, 0.2) is 0 Å². The van der Waals surface area contributed by atoms with E-state index in [9.17, 15) is 4.39 Å². The molecule has 0 amide bonds. The van der Waals surface area contributed by atoms with Gasteiger partial charge in [0.2, 0.25) is 0 Å². The Bertz CT molecular complexity index is 101. The lowest BCUT2D eigenvalue weighted by atomic mass is 10.5. The molecule has 0 unspecified atom stereocenters. The van der Waals surface area contributed by atoms with Gasteiger partial charge in [0.05, 0.1) is 0 Å². The first-order chi connectivity index (χ1) is 3.18. The molecule has 7 heavy (non-hydrogen) atoms. The summed E-state index contributed by atoms with van der Waals surface area (Å²) in [4.78, 5) is 0. The number of allylic oxidation sites excluding steroid dienone is 3. The molecule has 0 atom stereocenters. The lowest BCUT2D eigenvalue weighted by Crippen LogP contribution is -1.62. The molecule has 0 aliphatic heterocycles. The lowest BCUT2D eigenvalue weighted by molar-refractivity contribution is 0.639. The van der Waals surface area contributed by atoms with E-state index in [4.69, 9.17) is 0 Å². The van der Waals surface area contributed by atoms with Crippen LogP contribution in [-0.2, 0) is 0 Å². The molecular weight excluding hydrogens is 159 g/mol. The van der Waals surface area contributed by atoms with Gasteiger partial charge in [-0.05, 0) is 22.9 Å². The van der Waals surface area contributed by atoms with Gasteiger partial charge >= 0.3 is 0 Å². The van der Waals surface area contributed by atoms with E-state index in [-0.39, 0.29) is 5.83 Å². The third-order valence-corrected chi connectivity index (χ3v) is 1.38. The molecule has 0 fully saturated rings. The van der Waals surface area contributed by atoms with Gasteiger partial charge in [-0.25, -0.2) is 4.39 Å². The summed E-state index contributed by atoms with van der Waals surface area (Å²) in [6.07, 6.45) is 1.41. The van der Waals surface area contributed by atoms with Crippen molar-refractivity contribution < 1.29 is 4.39 Å². The van der Waals surface area contributed by atoms with Crippen molar-refractivity contribution in [2.45, 2.75) is 6.92 Å². The summed E-state index contributed by atoms with van der Waals surface area (Å²) >= 11 is 2.93. The largest absolute Gasteiger partial charge is 0.211 e. The fourth-order valence-electron chi connectivity index (χ4n) is 0.141. The zero-order chi connectivity index (χ0) is 5.86.